The van der Waals surface area contributed by atoms with Crippen molar-refractivity contribution in [3.05, 3.63) is 112 Å². The minimum atomic E-state index is -0.595. The van der Waals surface area contributed by atoms with Crippen molar-refractivity contribution >= 4 is 11.8 Å². The molecule has 0 fully saturated rings. The number of aromatic nitrogens is 3. The van der Waals surface area contributed by atoms with Crippen molar-refractivity contribution in [2.24, 2.45) is 0 Å². The van der Waals surface area contributed by atoms with Gasteiger partial charge in [0.25, 0.3) is 0 Å². The van der Waals surface area contributed by atoms with Crippen LogP contribution in [-0.2, 0) is 6.61 Å². The van der Waals surface area contributed by atoms with Crippen molar-refractivity contribution < 1.29 is 14.1 Å². The minimum Gasteiger partial charge on any atom is -0.488 e. The Bertz CT molecular complexity index is 1250. The molecule has 0 radical (unpaired) electrons. The van der Waals surface area contributed by atoms with E-state index in [1.54, 1.807) is 42.5 Å². The number of rotatable bonds is 9. The molecule has 1 heterocycles. The van der Waals surface area contributed by atoms with Crippen LogP contribution in [0.2, 0.25) is 0 Å². The highest BCUT2D eigenvalue weighted by Crippen LogP contribution is 2.40. The molecule has 1 aromatic heterocycles. The number of thioether (sulfide) groups is 1. The number of nitrogens with zero attached hydrogens (tertiary/aromatic N) is 4. The molecule has 33 heavy (non-hydrogen) atoms. The minimum absolute atomic E-state index is 0.0127. The second kappa shape index (κ2) is 10.3. The third-order valence-corrected chi connectivity index (χ3v) is 6.14. The van der Waals surface area contributed by atoms with E-state index in [-0.39, 0.29) is 23.9 Å². The van der Waals surface area contributed by atoms with E-state index in [1.165, 1.54) is 17.8 Å². The van der Waals surface area contributed by atoms with Crippen LogP contribution in [0, 0.1) is 22.9 Å². The molecule has 0 aliphatic rings. The Hall–Kier alpha value is -3.72. The molecule has 9 heteroatoms. The van der Waals surface area contributed by atoms with E-state index < -0.39 is 5.25 Å². The third kappa shape index (κ3) is 5.38. The van der Waals surface area contributed by atoms with Crippen molar-refractivity contribution in [1.29, 1.82) is 0 Å². The smallest absolute Gasteiger partial charge is 0.220 e. The van der Waals surface area contributed by atoms with Gasteiger partial charge in [0.15, 0.2) is 5.16 Å². The zero-order valence-corrected chi connectivity index (χ0v) is 18.6. The van der Waals surface area contributed by atoms with Gasteiger partial charge in [0, 0.05) is 21.7 Å². The fourth-order valence-electron chi connectivity index (χ4n) is 3.40. The molecular weight excluding hydrogens is 443 g/mol. The molecule has 3 aromatic carbocycles. The first-order valence-corrected chi connectivity index (χ1v) is 11.1. The lowest BCUT2D eigenvalue weighted by molar-refractivity contribution is -0.479. The fraction of sp³-hybridized carbons (Fsp3) is 0.167. The molecular formula is C24H21FN4O3S. The Balaban J connectivity index is 1.65. The monoisotopic (exact) mass is 464 g/mol. The number of aryl methyl sites for hydroxylation is 1. The van der Waals surface area contributed by atoms with E-state index in [1.807, 2.05) is 41.8 Å². The fourth-order valence-corrected chi connectivity index (χ4v) is 4.61. The highest BCUT2D eigenvalue weighted by atomic mass is 32.2. The molecule has 4 aromatic rings. The second-order valence-corrected chi connectivity index (χ2v) is 8.41. The lowest BCUT2D eigenvalue weighted by Crippen LogP contribution is -2.12. The van der Waals surface area contributed by atoms with Gasteiger partial charge in [-0.1, -0.05) is 66.4 Å². The maximum Gasteiger partial charge on any atom is 0.220 e. The van der Waals surface area contributed by atoms with E-state index in [4.69, 9.17) is 4.74 Å². The molecule has 0 N–H and O–H groups in total. The van der Waals surface area contributed by atoms with E-state index in [2.05, 4.69) is 10.2 Å². The molecule has 0 saturated carbocycles. The molecule has 0 aliphatic carbocycles. The SMILES string of the molecule is Cc1nnc(S[C@H](C[N+](=O)[O-])c2ccccc2OCc2ccccc2F)n1-c1ccccc1. The highest BCUT2D eigenvalue weighted by molar-refractivity contribution is 7.99. The third-order valence-electron chi connectivity index (χ3n) is 4.98. The number of benzene rings is 3. The molecule has 0 bridgehead atoms. The lowest BCUT2D eigenvalue weighted by atomic mass is 10.1. The molecule has 0 spiro atoms. The molecule has 4 rings (SSSR count). The van der Waals surface area contributed by atoms with Crippen molar-refractivity contribution in [2.75, 3.05) is 6.54 Å². The summed E-state index contributed by atoms with van der Waals surface area (Å²) in [5.74, 6) is 0.771. The first kappa shape index (κ1) is 22.5. The Morgan fingerprint density at radius 2 is 1.73 bits per heavy atom. The summed E-state index contributed by atoms with van der Waals surface area (Å²) < 4.78 is 21.8. The standard InChI is InChI=1S/C24H21FN4O3S/c1-17-26-27-24(29(17)19-10-3-2-4-11-19)33-23(15-28(30)31)20-12-6-8-14-22(20)32-16-18-9-5-7-13-21(18)25/h2-14,23H,15-16H2,1H3/t23-/m1/s1. The number of hydrogen-bond donors (Lipinski definition) is 0. The zero-order valence-electron chi connectivity index (χ0n) is 17.8. The van der Waals surface area contributed by atoms with Crippen LogP contribution in [0.15, 0.2) is 84.0 Å². The van der Waals surface area contributed by atoms with Gasteiger partial charge in [-0.2, -0.15) is 0 Å². The Kier molecular flexibility index (Phi) is 6.99. The van der Waals surface area contributed by atoms with Crippen molar-refractivity contribution in [3.63, 3.8) is 0 Å². The van der Waals surface area contributed by atoms with Crippen LogP contribution in [-0.4, -0.2) is 26.2 Å². The summed E-state index contributed by atoms with van der Waals surface area (Å²) in [4.78, 5) is 11.2. The number of hydrogen-bond acceptors (Lipinski definition) is 6. The van der Waals surface area contributed by atoms with Gasteiger partial charge in [0.1, 0.15) is 29.2 Å². The van der Waals surface area contributed by atoms with Gasteiger partial charge >= 0.3 is 0 Å². The quantitative estimate of drug-likeness (QED) is 0.187. The number of para-hydroxylation sites is 2. The Morgan fingerprint density at radius 3 is 2.48 bits per heavy atom. The van der Waals surface area contributed by atoms with Gasteiger partial charge < -0.3 is 4.74 Å². The van der Waals surface area contributed by atoms with Gasteiger partial charge in [-0.3, -0.25) is 14.7 Å². The van der Waals surface area contributed by atoms with Crippen molar-refractivity contribution in [2.45, 2.75) is 23.9 Å². The number of ether oxygens (including phenoxy) is 1. The zero-order chi connectivity index (χ0) is 23.2. The first-order chi connectivity index (χ1) is 16.0. The summed E-state index contributed by atoms with van der Waals surface area (Å²) in [6.07, 6.45) is 0. The van der Waals surface area contributed by atoms with Crippen LogP contribution >= 0.6 is 11.8 Å². The summed E-state index contributed by atoms with van der Waals surface area (Å²) in [5, 5.41) is 19.9. The Morgan fingerprint density at radius 1 is 1.03 bits per heavy atom. The van der Waals surface area contributed by atoms with Crippen LogP contribution in [0.1, 0.15) is 22.2 Å². The molecule has 0 aliphatic heterocycles. The topological polar surface area (TPSA) is 83.1 Å². The van der Waals surface area contributed by atoms with Gasteiger partial charge in [-0.15, -0.1) is 10.2 Å². The van der Waals surface area contributed by atoms with Crippen LogP contribution in [0.3, 0.4) is 0 Å². The van der Waals surface area contributed by atoms with Crippen molar-refractivity contribution in [1.82, 2.24) is 14.8 Å². The summed E-state index contributed by atoms with van der Waals surface area (Å²) in [5.41, 5.74) is 1.91. The second-order valence-electron chi connectivity index (χ2n) is 7.24. The summed E-state index contributed by atoms with van der Waals surface area (Å²) in [6.45, 7) is 1.50. The average Bonchev–Trinajstić information content (AvgIpc) is 3.18. The van der Waals surface area contributed by atoms with Gasteiger partial charge in [0.05, 0.1) is 0 Å². The molecule has 0 amide bonds. The summed E-state index contributed by atoms with van der Waals surface area (Å²) >= 11 is 1.25. The van der Waals surface area contributed by atoms with Gasteiger partial charge in [-0.05, 0) is 31.2 Å². The predicted molar refractivity (Wildman–Crippen MR) is 124 cm³/mol. The van der Waals surface area contributed by atoms with Crippen LogP contribution in [0.4, 0.5) is 4.39 Å². The molecule has 0 saturated heterocycles. The maximum absolute atomic E-state index is 14.0. The first-order valence-electron chi connectivity index (χ1n) is 10.2. The van der Waals surface area contributed by atoms with E-state index in [9.17, 15) is 14.5 Å². The van der Waals surface area contributed by atoms with E-state index in [0.717, 1.165) is 5.69 Å². The normalized spacial score (nSPS) is 11.8. The summed E-state index contributed by atoms with van der Waals surface area (Å²) in [7, 11) is 0. The van der Waals surface area contributed by atoms with Gasteiger partial charge in [0.2, 0.25) is 6.54 Å². The van der Waals surface area contributed by atoms with Crippen LogP contribution in [0.5, 0.6) is 5.75 Å². The van der Waals surface area contributed by atoms with Crippen LogP contribution in [0.25, 0.3) is 5.69 Å². The Labute approximate surface area is 194 Å². The molecule has 7 nitrogen and oxygen atoms in total. The largest absolute Gasteiger partial charge is 0.488 e. The van der Waals surface area contributed by atoms with E-state index >= 15 is 0 Å². The lowest BCUT2D eigenvalue weighted by Gasteiger charge is -2.18. The molecule has 0 unspecified atom stereocenters. The van der Waals surface area contributed by atoms with Gasteiger partial charge in [-0.25, -0.2) is 4.39 Å². The average molecular weight is 465 g/mol. The molecule has 1 atom stereocenters. The molecule has 168 valence electrons. The number of halogens is 1. The van der Waals surface area contributed by atoms with Crippen molar-refractivity contribution in [3.8, 4) is 11.4 Å². The van der Waals surface area contributed by atoms with E-state index in [0.29, 0.717) is 27.9 Å². The number of nitro groups is 1. The highest BCUT2D eigenvalue weighted by Gasteiger charge is 2.26. The van der Waals surface area contributed by atoms with Crippen LogP contribution < -0.4 is 4.74 Å². The summed E-state index contributed by atoms with van der Waals surface area (Å²) in [6, 6.07) is 23.0. The predicted octanol–water partition coefficient (Wildman–Crippen LogP) is 5.40. The maximum atomic E-state index is 14.0.